The number of nitro groups is 1. The largest absolute Gasteiger partial charge is 0.324 e. The number of rotatable bonds is 6. The van der Waals surface area contributed by atoms with E-state index in [4.69, 9.17) is 11.6 Å². The number of Topliss-reactive ketones (excluding diaryl/α,β-unsaturated/α-hetero) is 1. The molecular weight excluding hydrogens is 404 g/mol. The average Bonchev–Trinajstić information content (AvgIpc) is 3.01. The number of aromatic nitrogens is 2. The van der Waals surface area contributed by atoms with Crippen LogP contribution in [0.3, 0.4) is 0 Å². The van der Waals surface area contributed by atoms with E-state index in [0.717, 1.165) is 13.0 Å². The molecule has 0 aliphatic heterocycles. The van der Waals surface area contributed by atoms with Crippen LogP contribution < -0.4 is 11.0 Å². The van der Waals surface area contributed by atoms with Crippen molar-refractivity contribution in [3.05, 3.63) is 62.0 Å². The van der Waals surface area contributed by atoms with Crippen LogP contribution in [0.25, 0.3) is 11.0 Å². The lowest BCUT2D eigenvalue weighted by Gasteiger charge is -2.09. The number of carbonyl (C=O) groups excluding carboxylic acids is 2. The Bertz CT molecular complexity index is 1210. The molecule has 0 saturated carbocycles. The zero-order valence-corrected chi connectivity index (χ0v) is 15.6. The first kappa shape index (κ1) is 19.9. The van der Waals surface area contributed by atoms with Crippen LogP contribution in [0.15, 0.2) is 51.4 Å². The molecule has 29 heavy (non-hydrogen) atoms. The topological polar surface area (TPSA) is 163 Å². The number of ketones is 1. The van der Waals surface area contributed by atoms with Crippen LogP contribution in [0.1, 0.15) is 6.92 Å². The number of fused-ring (bicyclic) bond motifs is 1. The zero-order chi connectivity index (χ0) is 21.1. The molecule has 0 aliphatic rings. The van der Waals surface area contributed by atoms with E-state index < -0.39 is 34.0 Å². The number of nitrogens with zero attached hydrogens (tertiary/aromatic N) is 3. The molecule has 2 aromatic carbocycles. The summed E-state index contributed by atoms with van der Waals surface area (Å²) in [5.74, 6) is -1.39. The van der Waals surface area contributed by atoms with E-state index in [2.05, 4.69) is 25.5 Å². The molecule has 12 heteroatoms. The van der Waals surface area contributed by atoms with E-state index in [9.17, 15) is 24.5 Å². The van der Waals surface area contributed by atoms with E-state index in [1.807, 2.05) is 0 Å². The van der Waals surface area contributed by atoms with Crippen LogP contribution >= 0.6 is 11.6 Å². The molecule has 1 atom stereocenters. The highest BCUT2D eigenvalue weighted by Crippen LogP contribution is 2.30. The van der Waals surface area contributed by atoms with Crippen LogP contribution in [-0.2, 0) is 9.59 Å². The third-order valence-electron chi connectivity index (χ3n) is 3.83. The fraction of sp³-hybridized carbons (Fsp3) is 0.118. The average molecular weight is 417 g/mol. The molecule has 0 aliphatic carbocycles. The van der Waals surface area contributed by atoms with Gasteiger partial charge in [-0.25, -0.2) is 4.79 Å². The Morgan fingerprint density at radius 1 is 1.17 bits per heavy atom. The molecule has 3 rings (SSSR count). The second kappa shape index (κ2) is 8.02. The fourth-order valence-electron chi connectivity index (χ4n) is 2.49. The van der Waals surface area contributed by atoms with Gasteiger partial charge in [-0.3, -0.25) is 19.7 Å². The van der Waals surface area contributed by atoms with Gasteiger partial charge in [-0.2, -0.15) is 5.11 Å². The molecule has 0 saturated heterocycles. The number of aromatic amines is 2. The first-order valence-electron chi connectivity index (χ1n) is 8.13. The third kappa shape index (κ3) is 4.52. The maximum absolute atomic E-state index is 12.5. The number of amides is 1. The second-order valence-corrected chi connectivity index (χ2v) is 6.38. The van der Waals surface area contributed by atoms with Gasteiger partial charge in [0.2, 0.25) is 6.04 Å². The number of nitro benzene ring substituents is 1. The van der Waals surface area contributed by atoms with E-state index >= 15 is 0 Å². The van der Waals surface area contributed by atoms with Crippen molar-refractivity contribution < 1.29 is 14.5 Å². The van der Waals surface area contributed by atoms with E-state index in [-0.39, 0.29) is 10.7 Å². The van der Waals surface area contributed by atoms with Gasteiger partial charge in [0.25, 0.3) is 11.6 Å². The van der Waals surface area contributed by atoms with Crippen LogP contribution in [-0.4, -0.2) is 32.6 Å². The number of azo groups is 1. The van der Waals surface area contributed by atoms with Gasteiger partial charge in [0.15, 0.2) is 11.5 Å². The molecule has 3 N–H and O–H groups in total. The lowest BCUT2D eigenvalue weighted by molar-refractivity contribution is -0.384. The maximum Gasteiger partial charge on any atom is 0.323 e. The minimum absolute atomic E-state index is 0.134. The summed E-state index contributed by atoms with van der Waals surface area (Å²) in [5, 5.41) is 21.1. The SMILES string of the molecule is CC(=O)[C@@H](N=Nc1ccc(Cl)cc1[N+](=O)[O-])C(=O)Nc1ccc2[nH]c(=O)[nH]c2c1. The fourth-order valence-corrected chi connectivity index (χ4v) is 2.65. The maximum atomic E-state index is 12.5. The Morgan fingerprint density at radius 2 is 1.90 bits per heavy atom. The van der Waals surface area contributed by atoms with E-state index in [0.29, 0.717) is 16.7 Å². The van der Waals surface area contributed by atoms with Crippen LogP contribution in [0.5, 0.6) is 0 Å². The summed E-state index contributed by atoms with van der Waals surface area (Å²) in [7, 11) is 0. The minimum Gasteiger partial charge on any atom is -0.324 e. The van der Waals surface area contributed by atoms with Crippen LogP contribution in [0.4, 0.5) is 17.1 Å². The predicted octanol–water partition coefficient (Wildman–Crippen LogP) is 3.10. The zero-order valence-electron chi connectivity index (χ0n) is 14.8. The molecular formula is C17H13ClN6O5. The highest BCUT2D eigenvalue weighted by Gasteiger charge is 2.24. The molecule has 1 amide bonds. The second-order valence-electron chi connectivity index (χ2n) is 5.95. The first-order valence-corrected chi connectivity index (χ1v) is 8.50. The Balaban J connectivity index is 1.84. The minimum atomic E-state index is -1.52. The lowest BCUT2D eigenvalue weighted by atomic mass is 10.2. The molecule has 0 fully saturated rings. The van der Waals surface area contributed by atoms with Crippen molar-refractivity contribution in [3.8, 4) is 0 Å². The predicted molar refractivity (Wildman–Crippen MR) is 105 cm³/mol. The number of benzene rings is 2. The molecule has 3 aromatic rings. The summed E-state index contributed by atoms with van der Waals surface area (Å²) >= 11 is 5.74. The third-order valence-corrected chi connectivity index (χ3v) is 4.07. The van der Waals surface area contributed by atoms with Gasteiger partial charge in [-0.05, 0) is 37.3 Å². The summed E-state index contributed by atoms with van der Waals surface area (Å²) in [6.07, 6.45) is 0. The van der Waals surface area contributed by atoms with Gasteiger partial charge >= 0.3 is 5.69 Å². The van der Waals surface area contributed by atoms with Gasteiger partial charge in [0.1, 0.15) is 0 Å². The Kier molecular flexibility index (Phi) is 5.50. The molecule has 1 heterocycles. The summed E-state index contributed by atoms with van der Waals surface area (Å²) in [4.78, 5) is 51.2. The Hall–Kier alpha value is -3.86. The van der Waals surface area contributed by atoms with Gasteiger partial charge < -0.3 is 15.3 Å². The number of halogens is 1. The molecule has 0 radical (unpaired) electrons. The van der Waals surface area contributed by atoms with E-state index in [1.165, 1.54) is 24.3 Å². The van der Waals surface area contributed by atoms with Gasteiger partial charge in [-0.15, -0.1) is 5.11 Å². The van der Waals surface area contributed by atoms with Crippen molar-refractivity contribution in [1.29, 1.82) is 0 Å². The normalized spacial score (nSPS) is 12.2. The summed E-state index contributed by atoms with van der Waals surface area (Å²) in [6.45, 7) is 1.15. The number of carbonyl (C=O) groups is 2. The van der Waals surface area contributed by atoms with Crippen molar-refractivity contribution in [2.24, 2.45) is 10.2 Å². The van der Waals surface area contributed by atoms with Crippen LogP contribution in [0.2, 0.25) is 5.02 Å². The summed E-state index contributed by atoms with van der Waals surface area (Å²) in [5.41, 5.74) is 0.368. The van der Waals surface area contributed by atoms with Crippen molar-refractivity contribution in [2.75, 3.05) is 5.32 Å². The molecule has 148 valence electrons. The Morgan fingerprint density at radius 3 is 2.59 bits per heavy atom. The molecule has 0 unspecified atom stereocenters. The van der Waals surface area contributed by atoms with Gasteiger partial charge in [-0.1, -0.05) is 11.6 Å². The molecule has 1 aromatic heterocycles. The summed E-state index contributed by atoms with van der Waals surface area (Å²) in [6, 6.07) is 6.81. The number of hydrogen-bond acceptors (Lipinski definition) is 7. The number of hydrogen-bond donors (Lipinski definition) is 3. The molecule has 0 bridgehead atoms. The van der Waals surface area contributed by atoms with Crippen molar-refractivity contribution in [2.45, 2.75) is 13.0 Å². The lowest BCUT2D eigenvalue weighted by Crippen LogP contribution is -2.31. The number of nitrogens with one attached hydrogen (secondary N) is 3. The van der Waals surface area contributed by atoms with Gasteiger partial charge in [0.05, 0.1) is 16.0 Å². The smallest absolute Gasteiger partial charge is 0.323 e. The first-order chi connectivity index (χ1) is 13.7. The monoisotopic (exact) mass is 416 g/mol. The van der Waals surface area contributed by atoms with Crippen molar-refractivity contribution in [1.82, 2.24) is 9.97 Å². The Labute approximate surface area is 166 Å². The van der Waals surface area contributed by atoms with Crippen molar-refractivity contribution >= 4 is 51.4 Å². The number of imidazole rings is 1. The van der Waals surface area contributed by atoms with Gasteiger partial charge in [0, 0.05) is 16.8 Å². The summed E-state index contributed by atoms with van der Waals surface area (Å²) < 4.78 is 0. The standard InChI is InChI=1S/C17H13ClN6O5/c1-8(25)15(23-22-12-4-2-9(18)6-14(12)24(28)29)16(26)19-10-3-5-11-13(7-10)21-17(27)20-11/h2-7,15H,1H3,(H,19,26)(H2,20,21,27)/t15-/m1/s1. The highest BCUT2D eigenvalue weighted by molar-refractivity contribution is 6.30. The number of H-pyrrole nitrogens is 2. The molecule has 0 spiro atoms. The van der Waals surface area contributed by atoms with Crippen LogP contribution in [0, 0.1) is 10.1 Å². The van der Waals surface area contributed by atoms with Crippen molar-refractivity contribution in [3.63, 3.8) is 0 Å². The number of anilines is 1. The molecule has 11 nitrogen and oxygen atoms in total. The van der Waals surface area contributed by atoms with E-state index in [1.54, 1.807) is 6.07 Å². The quantitative estimate of drug-likeness (QED) is 0.243. The highest BCUT2D eigenvalue weighted by atomic mass is 35.5.